The molecule has 0 aromatic carbocycles. The van der Waals surface area contributed by atoms with Gasteiger partial charge in [0.15, 0.2) is 0 Å². The summed E-state index contributed by atoms with van der Waals surface area (Å²) in [5.41, 5.74) is 0.864. The molecule has 0 saturated carbocycles. The maximum Gasteiger partial charge on any atom is 0.226 e. The van der Waals surface area contributed by atoms with Crippen LogP contribution in [0.5, 0.6) is 0 Å². The number of hydrogen-bond donors (Lipinski definition) is 1. The Morgan fingerprint density at radius 3 is 2.65 bits per heavy atom. The summed E-state index contributed by atoms with van der Waals surface area (Å²) in [6, 6.07) is 1.91. The van der Waals surface area contributed by atoms with Crippen LogP contribution in [0.25, 0.3) is 0 Å². The van der Waals surface area contributed by atoms with Crippen LogP contribution in [0.4, 0.5) is 11.8 Å². The molecular formula is C11H17N5O. The molecule has 1 aromatic rings. The molecule has 6 nitrogen and oxygen atoms in total. The second-order valence-corrected chi connectivity index (χ2v) is 4.26. The quantitative estimate of drug-likeness (QED) is 0.611. The fraction of sp³-hybridized carbons (Fsp3) is 0.545. The van der Waals surface area contributed by atoms with Crippen molar-refractivity contribution in [1.29, 1.82) is 0 Å². The van der Waals surface area contributed by atoms with E-state index in [1.807, 2.05) is 25.1 Å². The van der Waals surface area contributed by atoms with Gasteiger partial charge in [-0.15, -0.1) is 0 Å². The van der Waals surface area contributed by atoms with Crippen molar-refractivity contribution in [2.24, 2.45) is 5.16 Å². The predicted molar refractivity (Wildman–Crippen MR) is 67.0 cm³/mol. The second-order valence-electron chi connectivity index (χ2n) is 4.26. The third kappa shape index (κ3) is 2.64. The maximum atomic E-state index is 8.70. The first kappa shape index (κ1) is 11.6. The number of piperidine rings is 1. The van der Waals surface area contributed by atoms with Gasteiger partial charge in [0.25, 0.3) is 0 Å². The van der Waals surface area contributed by atoms with Crippen molar-refractivity contribution < 1.29 is 5.21 Å². The van der Waals surface area contributed by atoms with Crippen LogP contribution in [0.1, 0.15) is 12.8 Å². The Kier molecular flexibility index (Phi) is 3.41. The Hall–Kier alpha value is -1.85. The monoisotopic (exact) mass is 235 g/mol. The van der Waals surface area contributed by atoms with Gasteiger partial charge in [0, 0.05) is 46.2 Å². The van der Waals surface area contributed by atoms with Crippen LogP contribution in [0.15, 0.2) is 17.4 Å². The minimum Gasteiger partial charge on any atom is -0.411 e. The zero-order chi connectivity index (χ0) is 12.3. The van der Waals surface area contributed by atoms with Crippen molar-refractivity contribution in [2.45, 2.75) is 12.8 Å². The Balaban J connectivity index is 2.10. The van der Waals surface area contributed by atoms with Crippen LogP contribution in [-0.4, -0.2) is 48.1 Å². The lowest BCUT2D eigenvalue weighted by molar-refractivity contribution is 0.315. The number of nitrogens with zero attached hydrogens (tertiary/aromatic N) is 5. The summed E-state index contributed by atoms with van der Waals surface area (Å²) in [4.78, 5) is 12.7. The van der Waals surface area contributed by atoms with E-state index in [0.717, 1.165) is 37.5 Å². The molecule has 17 heavy (non-hydrogen) atoms. The van der Waals surface area contributed by atoms with E-state index in [1.54, 1.807) is 6.20 Å². The molecule has 1 saturated heterocycles. The van der Waals surface area contributed by atoms with Crippen LogP contribution in [0, 0.1) is 0 Å². The predicted octanol–water partition coefficient (Wildman–Crippen LogP) is 0.973. The molecule has 0 aliphatic carbocycles. The molecular weight excluding hydrogens is 218 g/mol. The first-order valence-electron chi connectivity index (χ1n) is 5.66. The highest BCUT2D eigenvalue weighted by Gasteiger charge is 2.17. The van der Waals surface area contributed by atoms with Gasteiger partial charge in [-0.1, -0.05) is 5.16 Å². The molecule has 0 unspecified atom stereocenters. The van der Waals surface area contributed by atoms with Crippen molar-refractivity contribution >= 4 is 17.5 Å². The maximum absolute atomic E-state index is 8.70. The highest BCUT2D eigenvalue weighted by molar-refractivity contribution is 5.86. The second kappa shape index (κ2) is 4.99. The smallest absolute Gasteiger partial charge is 0.226 e. The molecule has 0 amide bonds. The number of oxime groups is 1. The van der Waals surface area contributed by atoms with Gasteiger partial charge in [0.2, 0.25) is 5.95 Å². The SMILES string of the molecule is CN(C)c1nccc(N2CCC(=NO)CC2)n1. The molecule has 1 fully saturated rings. The molecule has 1 aliphatic rings. The molecule has 1 N–H and O–H groups in total. The van der Waals surface area contributed by atoms with Crippen LogP contribution in [0.3, 0.4) is 0 Å². The highest BCUT2D eigenvalue weighted by atomic mass is 16.4. The molecule has 2 heterocycles. The summed E-state index contributed by atoms with van der Waals surface area (Å²) in [5.74, 6) is 1.64. The number of rotatable bonds is 2. The minimum absolute atomic E-state index is 0.712. The van der Waals surface area contributed by atoms with Gasteiger partial charge >= 0.3 is 0 Å². The molecule has 0 bridgehead atoms. The molecule has 1 aliphatic heterocycles. The Morgan fingerprint density at radius 1 is 1.35 bits per heavy atom. The van der Waals surface area contributed by atoms with Crippen LogP contribution in [0.2, 0.25) is 0 Å². The van der Waals surface area contributed by atoms with E-state index in [0.29, 0.717) is 5.95 Å². The van der Waals surface area contributed by atoms with E-state index < -0.39 is 0 Å². The van der Waals surface area contributed by atoms with Crippen molar-refractivity contribution in [1.82, 2.24) is 9.97 Å². The topological polar surface area (TPSA) is 64.9 Å². The van der Waals surface area contributed by atoms with Gasteiger partial charge in [0.05, 0.1) is 5.71 Å². The molecule has 1 aromatic heterocycles. The van der Waals surface area contributed by atoms with Gasteiger partial charge in [-0.25, -0.2) is 4.98 Å². The summed E-state index contributed by atoms with van der Waals surface area (Å²) in [7, 11) is 3.84. The largest absolute Gasteiger partial charge is 0.411 e. The van der Waals surface area contributed by atoms with Crippen LogP contribution >= 0.6 is 0 Å². The summed E-state index contributed by atoms with van der Waals surface area (Å²) < 4.78 is 0. The normalized spacial score (nSPS) is 15.9. The fourth-order valence-corrected chi connectivity index (χ4v) is 1.82. The number of anilines is 2. The van der Waals surface area contributed by atoms with Gasteiger partial charge in [-0.3, -0.25) is 0 Å². The Labute approximate surface area is 101 Å². The van der Waals surface area contributed by atoms with Crippen LogP contribution in [-0.2, 0) is 0 Å². The third-order valence-corrected chi connectivity index (χ3v) is 2.83. The van der Waals surface area contributed by atoms with Crippen molar-refractivity contribution in [3.8, 4) is 0 Å². The molecule has 6 heteroatoms. The lowest BCUT2D eigenvalue weighted by atomic mass is 10.1. The Morgan fingerprint density at radius 2 is 2.06 bits per heavy atom. The van der Waals surface area contributed by atoms with Gasteiger partial charge < -0.3 is 15.0 Å². The molecule has 92 valence electrons. The molecule has 2 rings (SSSR count). The Bertz CT molecular complexity index is 408. The zero-order valence-corrected chi connectivity index (χ0v) is 10.2. The summed E-state index contributed by atoms with van der Waals surface area (Å²) in [6.45, 7) is 1.67. The first-order chi connectivity index (χ1) is 8.20. The van der Waals surface area contributed by atoms with Gasteiger partial charge in [-0.05, 0) is 6.07 Å². The van der Waals surface area contributed by atoms with E-state index in [4.69, 9.17) is 5.21 Å². The number of hydrogen-bond acceptors (Lipinski definition) is 6. The van der Waals surface area contributed by atoms with E-state index in [1.165, 1.54) is 0 Å². The van der Waals surface area contributed by atoms with E-state index in [2.05, 4.69) is 20.0 Å². The van der Waals surface area contributed by atoms with Gasteiger partial charge in [0.1, 0.15) is 5.82 Å². The molecule has 0 radical (unpaired) electrons. The standard InChI is InChI=1S/C11H17N5O/c1-15(2)11-12-6-3-10(13-11)16-7-4-9(14-17)5-8-16/h3,6,17H,4-5,7-8H2,1-2H3. The van der Waals surface area contributed by atoms with Crippen molar-refractivity contribution in [3.63, 3.8) is 0 Å². The first-order valence-corrected chi connectivity index (χ1v) is 5.66. The fourth-order valence-electron chi connectivity index (χ4n) is 1.82. The lowest BCUT2D eigenvalue weighted by Gasteiger charge is -2.28. The lowest BCUT2D eigenvalue weighted by Crippen LogP contribution is -2.34. The molecule has 0 spiro atoms. The summed E-state index contributed by atoms with van der Waals surface area (Å²) >= 11 is 0. The van der Waals surface area contributed by atoms with Crippen molar-refractivity contribution in [2.75, 3.05) is 37.0 Å². The van der Waals surface area contributed by atoms with E-state index in [-0.39, 0.29) is 0 Å². The van der Waals surface area contributed by atoms with E-state index >= 15 is 0 Å². The average Bonchev–Trinajstić information content (AvgIpc) is 2.39. The zero-order valence-electron chi connectivity index (χ0n) is 10.2. The van der Waals surface area contributed by atoms with Crippen molar-refractivity contribution in [3.05, 3.63) is 12.3 Å². The third-order valence-electron chi connectivity index (χ3n) is 2.83. The average molecular weight is 235 g/mol. The van der Waals surface area contributed by atoms with Crippen LogP contribution < -0.4 is 9.80 Å². The van der Waals surface area contributed by atoms with Gasteiger partial charge in [-0.2, -0.15) is 4.98 Å². The molecule has 0 atom stereocenters. The minimum atomic E-state index is 0.712. The van der Waals surface area contributed by atoms with E-state index in [9.17, 15) is 0 Å². The summed E-state index contributed by atoms with van der Waals surface area (Å²) in [5, 5.41) is 12.0. The summed E-state index contributed by atoms with van der Waals surface area (Å²) in [6.07, 6.45) is 3.35. The highest BCUT2D eigenvalue weighted by Crippen LogP contribution is 2.17. The number of aromatic nitrogens is 2.